The van der Waals surface area contributed by atoms with E-state index in [9.17, 15) is 8.42 Å². The van der Waals surface area contributed by atoms with Crippen molar-refractivity contribution in [3.63, 3.8) is 0 Å². The predicted molar refractivity (Wildman–Crippen MR) is 65.3 cm³/mol. The fourth-order valence-corrected chi connectivity index (χ4v) is 3.21. The molecule has 98 valence electrons. The smallest absolute Gasteiger partial charge is 0.244 e. The van der Waals surface area contributed by atoms with Gasteiger partial charge in [0.25, 0.3) is 0 Å². The highest BCUT2D eigenvalue weighted by Crippen LogP contribution is 2.18. The molecule has 0 fully saturated rings. The molecule has 8 heteroatoms. The number of aromatic nitrogens is 4. The quantitative estimate of drug-likeness (QED) is 0.831. The number of H-pyrrole nitrogens is 1. The van der Waals surface area contributed by atoms with Gasteiger partial charge in [-0.25, -0.2) is 13.1 Å². The Morgan fingerprint density at radius 1 is 1.44 bits per heavy atom. The number of nitrogens with zero attached hydrogens (tertiary/aromatic N) is 3. The number of nitrogens with one attached hydrogen (secondary N) is 2. The molecule has 0 unspecified atom stereocenters. The van der Waals surface area contributed by atoms with Crippen LogP contribution in [0.1, 0.15) is 17.1 Å². The fourth-order valence-electron chi connectivity index (χ4n) is 1.77. The van der Waals surface area contributed by atoms with Crippen LogP contribution in [0.5, 0.6) is 0 Å². The van der Waals surface area contributed by atoms with Gasteiger partial charge in [0.15, 0.2) is 0 Å². The van der Waals surface area contributed by atoms with Crippen LogP contribution in [-0.4, -0.2) is 28.4 Å². The summed E-state index contributed by atoms with van der Waals surface area (Å²) in [4.78, 5) is 0.240. The largest absolute Gasteiger partial charge is 0.281 e. The van der Waals surface area contributed by atoms with E-state index in [2.05, 4.69) is 20.0 Å². The minimum Gasteiger partial charge on any atom is -0.281 e. The summed E-state index contributed by atoms with van der Waals surface area (Å²) in [5.74, 6) is 0. The van der Waals surface area contributed by atoms with E-state index in [4.69, 9.17) is 0 Å². The summed E-state index contributed by atoms with van der Waals surface area (Å²) in [6.07, 6.45) is 1.57. The van der Waals surface area contributed by atoms with Crippen molar-refractivity contribution in [1.29, 1.82) is 0 Å². The Morgan fingerprint density at radius 3 is 2.67 bits per heavy atom. The van der Waals surface area contributed by atoms with Crippen LogP contribution in [0.2, 0.25) is 0 Å². The monoisotopic (exact) mass is 269 g/mol. The number of hydrogen-bond donors (Lipinski definition) is 2. The SMILES string of the molecule is Cc1nn(C)c(C)c1S(=O)(=O)NCc1ccn[nH]1. The second kappa shape index (κ2) is 4.54. The molecule has 0 aliphatic rings. The summed E-state index contributed by atoms with van der Waals surface area (Å²) in [7, 11) is -1.84. The highest BCUT2D eigenvalue weighted by molar-refractivity contribution is 7.89. The summed E-state index contributed by atoms with van der Waals surface area (Å²) in [5, 5.41) is 10.6. The molecule has 0 aliphatic heterocycles. The van der Waals surface area contributed by atoms with E-state index in [0.717, 1.165) is 0 Å². The molecule has 0 atom stereocenters. The molecule has 2 aromatic heterocycles. The Hall–Kier alpha value is -1.67. The van der Waals surface area contributed by atoms with Crippen molar-refractivity contribution in [2.75, 3.05) is 0 Å². The van der Waals surface area contributed by atoms with Crippen LogP contribution in [0.3, 0.4) is 0 Å². The first-order chi connectivity index (χ1) is 8.42. The van der Waals surface area contributed by atoms with Crippen LogP contribution in [0, 0.1) is 13.8 Å². The zero-order valence-corrected chi connectivity index (χ0v) is 11.2. The molecule has 2 heterocycles. The highest BCUT2D eigenvalue weighted by atomic mass is 32.2. The molecule has 0 radical (unpaired) electrons. The van der Waals surface area contributed by atoms with E-state index in [1.807, 2.05) is 0 Å². The van der Waals surface area contributed by atoms with Crippen molar-refractivity contribution in [3.05, 3.63) is 29.3 Å². The van der Waals surface area contributed by atoms with Crippen LogP contribution in [0.25, 0.3) is 0 Å². The van der Waals surface area contributed by atoms with E-state index in [-0.39, 0.29) is 11.4 Å². The summed E-state index contributed by atoms with van der Waals surface area (Å²) in [6, 6.07) is 1.71. The average Bonchev–Trinajstić information content (AvgIpc) is 2.86. The highest BCUT2D eigenvalue weighted by Gasteiger charge is 2.23. The van der Waals surface area contributed by atoms with Crippen LogP contribution in [-0.2, 0) is 23.6 Å². The molecule has 18 heavy (non-hydrogen) atoms. The summed E-state index contributed by atoms with van der Waals surface area (Å²) in [6.45, 7) is 3.58. The Kier molecular flexibility index (Phi) is 3.22. The van der Waals surface area contributed by atoms with Crippen molar-refractivity contribution in [2.24, 2.45) is 7.05 Å². The summed E-state index contributed by atoms with van der Waals surface area (Å²) >= 11 is 0. The lowest BCUT2D eigenvalue weighted by Crippen LogP contribution is -2.24. The molecular weight excluding hydrogens is 254 g/mol. The number of hydrogen-bond acceptors (Lipinski definition) is 4. The van der Waals surface area contributed by atoms with Crippen molar-refractivity contribution >= 4 is 10.0 Å². The second-order valence-electron chi connectivity index (χ2n) is 4.03. The van der Waals surface area contributed by atoms with Crippen molar-refractivity contribution in [1.82, 2.24) is 24.7 Å². The molecule has 2 N–H and O–H groups in total. The minimum atomic E-state index is -3.56. The number of sulfonamides is 1. The van der Waals surface area contributed by atoms with Gasteiger partial charge in [0.2, 0.25) is 10.0 Å². The van der Waals surface area contributed by atoms with Gasteiger partial charge < -0.3 is 0 Å². The first-order valence-electron chi connectivity index (χ1n) is 5.40. The van der Waals surface area contributed by atoms with Crippen LogP contribution in [0.15, 0.2) is 17.2 Å². The number of rotatable bonds is 4. The molecule has 2 rings (SSSR count). The van der Waals surface area contributed by atoms with E-state index >= 15 is 0 Å². The maximum atomic E-state index is 12.2. The van der Waals surface area contributed by atoms with Gasteiger partial charge in [0.1, 0.15) is 4.90 Å². The van der Waals surface area contributed by atoms with E-state index in [1.54, 1.807) is 37.8 Å². The topological polar surface area (TPSA) is 92.7 Å². The third kappa shape index (κ3) is 2.29. The molecule has 0 saturated heterocycles. The second-order valence-corrected chi connectivity index (χ2v) is 5.73. The lowest BCUT2D eigenvalue weighted by atomic mass is 10.4. The predicted octanol–water partition coefficient (Wildman–Crippen LogP) is 0.239. The van der Waals surface area contributed by atoms with E-state index in [0.29, 0.717) is 17.1 Å². The molecule has 7 nitrogen and oxygen atoms in total. The maximum Gasteiger partial charge on any atom is 0.244 e. The van der Waals surface area contributed by atoms with Crippen LogP contribution in [0.4, 0.5) is 0 Å². The van der Waals surface area contributed by atoms with Crippen molar-refractivity contribution in [2.45, 2.75) is 25.3 Å². The lowest BCUT2D eigenvalue weighted by molar-refractivity contribution is 0.578. The molecule has 2 aromatic rings. The van der Waals surface area contributed by atoms with Gasteiger partial charge >= 0.3 is 0 Å². The zero-order chi connectivity index (χ0) is 13.3. The van der Waals surface area contributed by atoms with Gasteiger partial charge in [0.05, 0.1) is 23.6 Å². The lowest BCUT2D eigenvalue weighted by Gasteiger charge is -2.05. The fraction of sp³-hybridized carbons (Fsp3) is 0.400. The van der Waals surface area contributed by atoms with E-state index < -0.39 is 10.0 Å². The van der Waals surface area contributed by atoms with Gasteiger partial charge in [-0.1, -0.05) is 0 Å². The van der Waals surface area contributed by atoms with Gasteiger partial charge in [0, 0.05) is 13.2 Å². The maximum absolute atomic E-state index is 12.2. The zero-order valence-electron chi connectivity index (χ0n) is 10.4. The molecule has 0 spiro atoms. The molecular formula is C10H15N5O2S. The molecule has 0 aromatic carbocycles. The number of aromatic amines is 1. The number of aryl methyl sites for hydroxylation is 2. The van der Waals surface area contributed by atoms with Crippen LogP contribution >= 0.6 is 0 Å². The molecule has 0 amide bonds. The first kappa shape index (κ1) is 12.8. The third-order valence-corrected chi connectivity index (χ3v) is 4.38. The molecule has 0 bridgehead atoms. The van der Waals surface area contributed by atoms with Crippen molar-refractivity contribution < 1.29 is 8.42 Å². The van der Waals surface area contributed by atoms with E-state index in [1.165, 1.54) is 0 Å². The Balaban J connectivity index is 2.26. The average molecular weight is 269 g/mol. The first-order valence-corrected chi connectivity index (χ1v) is 6.88. The van der Waals surface area contributed by atoms with Gasteiger partial charge in [-0.2, -0.15) is 10.2 Å². The van der Waals surface area contributed by atoms with Crippen molar-refractivity contribution in [3.8, 4) is 0 Å². The van der Waals surface area contributed by atoms with Gasteiger partial charge in [-0.15, -0.1) is 0 Å². The normalized spacial score (nSPS) is 11.9. The molecule has 0 saturated carbocycles. The minimum absolute atomic E-state index is 0.177. The Labute approximate surface area is 105 Å². The summed E-state index contributed by atoms with van der Waals surface area (Å²) < 4.78 is 28.4. The van der Waals surface area contributed by atoms with Crippen LogP contribution < -0.4 is 4.72 Å². The Bertz CT molecular complexity index is 642. The third-order valence-electron chi connectivity index (χ3n) is 2.72. The Morgan fingerprint density at radius 2 is 2.17 bits per heavy atom. The van der Waals surface area contributed by atoms with Gasteiger partial charge in [-0.3, -0.25) is 9.78 Å². The molecule has 0 aliphatic carbocycles. The standard InChI is InChI=1S/C10H15N5O2S/c1-7-10(8(2)15(3)14-7)18(16,17)12-6-9-4-5-11-13-9/h4-5,12H,6H2,1-3H3,(H,11,13). The summed E-state index contributed by atoms with van der Waals surface area (Å²) in [5.41, 5.74) is 1.81. The van der Waals surface area contributed by atoms with Gasteiger partial charge in [-0.05, 0) is 19.9 Å².